The van der Waals surface area contributed by atoms with Gasteiger partial charge in [0, 0.05) is 24.5 Å². The Morgan fingerprint density at radius 1 is 1.57 bits per heavy atom. The number of benzene rings is 1. The summed E-state index contributed by atoms with van der Waals surface area (Å²) in [5, 5.41) is 3.26. The van der Waals surface area contributed by atoms with Crippen molar-refractivity contribution in [2.45, 2.75) is 6.92 Å². The molecule has 1 aliphatic rings. The highest BCUT2D eigenvalue weighted by Crippen LogP contribution is 2.31. The first kappa shape index (κ1) is 9.52. The van der Waals surface area contributed by atoms with Gasteiger partial charge in [0.1, 0.15) is 0 Å². The van der Waals surface area contributed by atoms with Gasteiger partial charge in [0.05, 0.1) is 11.4 Å². The largest absolute Gasteiger partial charge is 0.382 e. The molecule has 14 heavy (non-hydrogen) atoms. The quantitative estimate of drug-likeness (QED) is 0.771. The Kier molecular flexibility index (Phi) is 2.46. The summed E-state index contributed by atoms with van der Waals surface area (Å²) in [4.78, 5) is 13.1. The zero-order chi connectivity index (χ0) is 10.1. The Labute approximate surface area is 91.2 Å². The number of carbonyl (C=O) groups is 1. The first-order valence-electron chi connectivity index (χ1n) is 4.50. The minimum absolute atomic E-state index is 0.0927. The monoisotopic (exact) mass is 254 g/mol. The van der Waals surface area contributed by atoms with Crippen LogP contribution in [0.4, 0.5) is 11.4 Å². The number of halogens is 1. The summed E-state index contributed by atoms with van der Waals surface area (Å²) in [7, 11) is 0. The van der Waals surface area contributed by atoms with E-state index in [1.54, 1.807) is 11.8 Å². The number of anilines is 2. The molecule has 0 bridgehead atoms. The molecule has 0 radical (unpaired) electrons. The highest BCUT2D eigenvalue weighted by atomic mass is 79.9. The summed E-state index contributed by atoms with van der Waals surface area (Å²) in [6.07, 6.45) is 0. The Balaban J connectivity index is 2.44. The Morgan fingerprint density at radius 3 is 3.07 bits per heavy atom. The lowest BCUT2D eigenvalue weighted by molar-refractivity contribution is -0.116. The summed E-state index contributed by atoms with van der Waals surface area (Å²) >= 11 is 3.40. The normalized spacial score (nSPS) is 14.6. The van der Waals surface area contributed by atoms with Gasteiger partial charge in [-0.15, -0.1) is 0 Å². The summed E-state index contributed by atoms with van der Waals surface area (Å²) < 4.78 is 1.02. The van der Waals surface area contributed by atoms with Crippen molar-refractivity contribution < 1.29 is 4.79 Å². The van der Waals surface area contributed by atoms with Crippen LogP contribution in [0.3, 0.4) is 0 Å². The number of hydrogen-bond acceptors (Lipinski definition) is 2. The molecule has 0 saturated heterocycles. The van der Waals surface area contributed by atoms with Crippen molar-refractivity contribution in [1.82, 2.24) is 0 Å². The SMILES string of the molecule is CC(=O)N1CCNc2cc(Br)ccc21. The van der Waals surface area contributed by atoms with E-state index in [1.165, 1.54) is 0 Å². The van der Waals surface area contributed by atoms with Crippen molar-refractivity contribution in [2.24, 2.45) is 0 Å². The van der Waals surface area contributed by atoms with Gasteiger partial charge in [0.15, 0.2) is 0 Å². The van der Waals surface area contributed by atoms with Crippen LogP contribution in [-0.4, -0.2) is 19.0 Å². The molecular weight excluding hydrogens is 244 g/mol. The van der Waals surface area contributed by atoms with Gasteiger partial charge in [0.25, 0.3) is 0 Å². The Hall–Kier alpha value is -1.03. The van der Waals surface area contributed by atoms with Gasteiger partial charge >= 0.3 is 0 Å². The first-order valence-corrected chi connectivity index (χ1v) is 5.29. The zero-order valence-corrected chi connectivity index (χ0v) is 9.47. The molecule has 0 spiro atoms. The van der Waals surface area contributed by atoms with Gasteiger partial charge in [-0.1, -0.05) is 15.9 Å². The molecule has 0 aromatic heterocycles. The molecule has 0 atom stereocenters. The maximum atomic E-state index is 11.3. The highest BCUT2D eigenvalue weighted by Gasteiger charge is 2.19. The van der Waals surface area contributed by atoms with Gasteiger partial charge in [0.2, 0.25) is 5.91 Å². The standard InChI is InChI=1S/C10H11BrN2O/c1-7(14)13-5-4-12-9-6-8(11)2-3-10(9)13/h2-3,6,12H,4-5H2,1H3. The van der Waals surface area contributed by atoms with Gasteiger partial charge < -0.3 is 10.2 Å². The van der Waals surface area contributed by atoms with Crippen LogP contribution >= 0.6 is 15.9 Å². The fourth-order valence-corrected chi connectivity index (χ4v) is 2.00. The van der Waals surface area contributed by atoms with E-state index in [0.717, 1.165) is 28.9 Å². The average Bonchev–Trinajstić information content (AvgIpc) is 2.16. The molecule has 0 fully saturated rings. The number of amides is 1. The molecule has 1 aromatic rings. The number of nitrogens with one attached hydrogen (secondary N) is 1. The molecule has 0 saturated carbocycles. The topological polar surface area (TPSA) is 32.3 Å². The highest BCUT2D eigenvalue weighted by molar-refractivity contribution is 9.10. The third kappa shape index (κ3) is 1.62. The van der Waals surface area contributed by atoms with Gasteiger partial charge in [-0.25, -0.2) is 0 Å². The van der Waals surface area contributed by atoms with Crippen molar-refractivity contribution in [3.8, 4) is 0 Å². The van der Waals surface area contributed by atoms with Crippen molar-refractivity contribution in [3.63, 3.8) is 0 Å². The minimum atomic E-state index is 0.0927. The van der Waals surface area contributed by atoms with Crippen LogP contribution in [0.5, 0.6) is 0 Å². The van der Waals surface area contributed by atoms with E-state index in [4.69, 9.17) is 0 Å². The summed E-state index contributed by atoms with van der Waals surface area (Å²) in [6, 6.07) is 5.89. The van der Waals surface area contributed by atoms with Crippen molar-refractivity contribution in [1.29, 1.82) is 0 Å². The molecule has 0 aliphatic carbocycles. The molecular formula is C10H11BrN2O. The molecule has 74 valence electrons. The van der Waals surface area contributed by atoms with E-state index in [9.17, 15) is 4.79 Å². The Bertz CT molecular complexity index is 378. The fourth-order valence-electron chi connectivity index (χ4n) is 1.64. The molecule has 4 heteroatoms. The maximum absolute atomic E-state index is 11.3. The second kappa shape index (κ2) is 3.61. The number of fused-ring (bicyclic) bond motifs is 1. The van der Waals surface area contributed by atoms with E-state index < -0.39 is 0 Å². The van der Waals surface area contributed by atoms with Crippen LogP contribution in [0, 0.1) is 0 Å². The van der Waals surface area contributed by atoms with E-state index in [1.807, 2.05) is 18.2 Å². The first-order chi connectivity index (χ1) is 6.68. The third-order valence-corrected chi connectivity index (χ3v) is 2.77. The molecule has 1 N–H and O–H groups in total. The van der Waals surface area contributed by atoms with Crippen molar-refractivity contribution >= 4 is 33.2 Å². The lowest BCUT2D eigenvalue weighted by Crippen LogP contribution is -2.37. The number of carbonyl (C=O) groups excluding carboxylic acids is 1. The van der Waals surface area contributed by atoms with E-state index >= 15 is 0 Å². The van der Waals surface area contributed by atoms with Crippen LogP contribution in [-0.2, 0) is 4.79 Å². The van der Waals surface area contributed by atoms with Crippen LogP contribution in [0.25, 0.3) is 0 Å². The second-order valence-electron chi connectivity index (χ2n) is 3.26. The number of nitrogens with zero attached hydrogens (tertiary/aromatic N) is 1. The van der Waals surface area contributed by atoms with Crippen molar-refractivity contribution in [2.75, 3.05) is 23.3 Å². The van der Waals surface area contributed by atoms with Crippen molar-refractivity contribution in [3.05, 3.63) is 22.7 Å². The van der Waals surface area contributed by atoms with Gasteiger partial charge in [-0.3, -0.25) is 4.79 Å². The predicted molar refractivity (Wildman–Crippen MR) is 60.7 cm³/mol. The smallest absolute Gasteiger partial charge is 0.223 e. The third-order valence-electron chi connectivity index (χ3n) is 2.28. The van der Waals surface area contributed by atoms with Crippen LogP contribution in [0.1, 0.15) is 6.92 Å². The van der Waals surface area contributed by atoms with Gasteiger partial charge in [-0.05, 0) is 18.2 Å². The average molecular weight is 255 g/mol. The fraction of sp³-hybridized carbons (Fsp3) is 0.300. The lowest BCUT2D eigenvalue weighted by atomic mass is 10.2. The maximum Gasteiger partial charge on any atom is 0.223 e. The zero-order valence-electron chi connectivity index (χ0n) is 7.88. The molecule has 1 amide bonds. The summed E-state index contributed by atoms with van der Waals surface area (Å²) in [5.74, 6) is 0.0927. The van der Waals surface area contributed by atoms with Crippen LogP contribution in [0.15, 0.2) is 22.7 Å². The predicted octanol–water partition coefficient (Wildman–Crippen LogP) is 2.23. The molecule has 2 rings (SSSR count). The lowest BCUT2D eigenvalue weighted by Gasteiger charge is -2.29. The molecule has 1 aromatic carbocycles. The Morgan fingerprint density at radius 2 is 2.36 bits per heavy atom. The minimum Gasteiger partial charge on any atom is -0.382 e. The molecule has 0 unspecified atom stereocenters. The number of rotatable bonds is 0. The van der Waals surface area contributed by atoms with E-state index in [2.05, 4.69) is 21.2 Å². The number of hydrogen-bond donors (Lipinski definition) is 1. The van der Waals surface area contributed by atoms with Gasteiger partial charge in [-0.2, -0.15) is 0 Å². The molecule has 3 nitrogen and oxygen atoms in total. The second-order valence-corrected chi connectivity index (χ2v) is 4.17. The molecule has 1 heterocycles. The summed E-state index contributed by atoms with van der Waals surface area (Å²) in [6.45, 7) is 3.14. The van der Waals surface area contributed by atoms with Crippen LogP contribution in [0.2, 0.25) is 0 Å². The summed E-state index contributed by atoms with van der Waals surface area (Å²) in [5.41, 5.74) is 1.98. The van der Waals surface area contributed by atoms with E-state index in [-0.39, 0.29) is 5.91 Å². The van der Waals surface area contributed by atoms with Crippen LogP contribution < -0.4 is 10.2 Å². The molecule has 1 aliphatic heterocycles. The van der Waals surface area contributed by atoms with E-state index in [0.29, 0.717) is 0 Å².